The van der Waals surface area contributed by atoms with E-state index in [-0.39, 0.29) is 18.0 Å². The first-order chi connectivity index (χ1) is 6.45. The molecule has 0 radical (unpaired) electrons. The molecule has 1 rings (SSSR count). The number of hydrogen-bond donors (Lipinski definition) is 1. The van der Waals surface area contributed by atoms with Crippen LogP contribution in [0.25, 0.3) is 0 Å². The van der Waals surface area contributed by atoms with Gasteiger partial charge in [0.25, 0.3) is 0 Å². The molecule has 86 valence electrons. The highest BCUT2D eigenvalue weighted by Crippen LogP contribution is 2.30. The Bertz CT molecular complexity index is 313. The summed E-state index contributed by atoms with van der Waals surface area (Å²) >= 11 is 0. The summed E-state index contributed by atoms with van der Waals surface area (Å²) in [7, 11) is 0. The summed E-state index contributed by atoms with van der Waals surface area (Å²) in [5, 5.41) is 0. The smallest absolute Gasteiger partial charge is 0.322 e. The minimum Gasteiger partial charge on any atom is -0.322 e. The summed E-state index contributed by atoms with van der Waals surface area (Å²) in [6.07, 6.45) is -4.41. The molecule has 0 bridgehead atoms. The highest BCUT2D eigenvalue weighted by Gasteiger charge is 2.30. The first-order valence-electron chi connectivity index (χ1n) is 3.94. The molecule has 0 aromatic heterocycles. The Kier molecular flexibility index (Phi) is 5.03. The normalized spacial score (nSPS) is 13.1. The number of alkyl halides is 4. The van der Waals surface area contributed by atoms with E-state index in [1.807, 2.05) is 0 Å². The van der Waals surface area contributed by atoms with Gasteiger partial charge in [0, 0.05) is 0 Å². The van der Waals surface area contributed by atoms with Crippen LogP contribution in [0.1, 0.15) is 17.2 Å². The highest BCUT2D eigenvalue weighted by atomic mass is 35.5. The molecule has 1 aromatic carbocycles. The summed E-state index contributed by atoms with van der Waals surface area (Å²) in [4.78, 5) is 0. The van der Waals surface area contributed by atoms with E-state index >= 15 is 0 Å². The van der Waals surface area contributed by atoms with Crippen LogP contribution in [-0.4, -0.2) is 6.67 Å². The summed E-state index contributed by atoms with van der Waals surface area (Å²) in [5.41, 5.74) is 4.61. The largest absolute Gasteiger partial charge is 0.416 e. The fraction of sp³-hybridized carbons (Fsp3) is 0.333. The zero-order valence-corrected chi connectivity index (χ0v) is 8.41. The Morgan fingerprint density at radius 2 is 1.87 bits per heavy atom. The summed E-state index contributed by atoms with van der Waals surface area (Å²) < 4.78 is 48.7. The minimum atomic E-state index is -4.41. The lowest BCUT2D eigenvalue weighted by atomic mass is 10.1. The van der Waals surface area contributed by atoms with Gasteiger partial charge in [-0.1, -0.05) is 12.1 Å². The van der Waals surface area contributed by atoms with Gasteiger partial charge >= 0.3 is 6.18 Å². The molecular weight excluding hydrogens is 234 g/mol. The van der Waals surface area contributed by atoms with Crippen LogP contribution in [0.4, 0.5) is 17.6 Å². The zero-order chi connectivity index (χ0) is 10.8. The van der Waals surface area contributed by atoms with Crippen molar-refractivity contribution in [2.75, 3.05) is 6.67 Å². The lowest BCUT2D eigenvalue weighted by molar-refractivity contribution is -0.137. The van der Waals surface area contributed by atoms with E-state index in [1.165, 1.54) is 12.1 Å². The first-order valence-corrected chi connectivity index (χ1v) is 3.94. The van der Waals surface area contributed by atoms with Gasteiger partial charge in [0.05, 0.1) is 11.6 Å². The quantitative estimate of drug-likeness (QED) is 0.794. The molecule has 0 amide bonds. The zero-order valence-electron chi connectivity index (χ0n) is 7.59. The van der Waals surface area contributed by atoms with Gasteiger partial charge in [-0.2, -0.15) is 13.2 Å². The van der Waals surface area contributed by atoms with Crippen molar-refractivity contribution in [1.29, 1.82) is 0 Å². The molecule has 15 heavy (non-hydrogen) atoms. The van der Waals surface area contributed by atoms with Crippen LogP contribution in [0.2, 0.25) is 0 Å². The maximum Gasteiger partial charge on any atom is 0.416 e. The molecule has 0 aliphatic carbocycles. The molecular formula is C9H10ClF4N. The Labute approximate surface area is 90.7 Å². The molecule has 0 fully saturated rings. The van der Waals surface area contributed by atoms with Crippen molar-refractivity contribution in [2.45, 2.75) is 12.2 Å². The van der Waals surface area contributed by atoms with Gasteiger partial charge in [0.2, 0.25) is 0 Å². The van der Waals surface area contributed by atoms with Crippen molar-refractivity contribution in [2.24, 2.45) is 5.73 Å². The van der Waals surface area contributed by atoms with Crippen LogP contribution >= 0.6 is 12.4 Å². The molecule has 0 aliphatic heterocycles. The molecule has 0 aliphatic rings. The fourth-order valence-electron chi connectivity index (χ4n) is 1.03. The number of nitrogens with two attached hydrogens (primary N) is 1. The van der Waals surface area contributed by atoms with Crippen LogP contribution in [0.5, 0.6) is 0 Å². The van der Waals surface area contributed by atoms with E-state index in [2.05, 4.69) is 0 Å². The average molecular weight is 244 g/mol. The van der Waals surface area contributed by atoms with Gasteiger partial charge in [-0.3, -0.25) is 0 Å². The number of rotatable bonds is 2. The van der Waals surface area contributed by atoms with Crippen molar-refractivity contribution in [3.05, 3.63) is 35.4 Å². The van der Waals surface area contributed by atoms with Gasteiger partial charge in [-0.15, -0.1) is 12.4 Å². The number of halogens is 5. The van der Waals surface area contributed by atoms with E-state index in [0.29, 0.717) is 0 Å². The third-order valence-corrected chi connectivity index (χ3v) is 1.81. The summed E-state index contributed by atoms with van der Waals surface area (Å²) in [6.45, 7) is -0.874. The molecule has 2 N–H and O–H groups in total. The molecule has 0 spiro atoms. The van der Waals surface area contributed by atoms with E-state index < -0.39 is 24.5 Å². The average Bonchev–Trinajstić information content (AvgIpc) is 2.15. The van der Waals surface area contributed by atoms with Gasteiger partial charge in [0.15, 0.2) is 0 Å². The standard InChI is InChI=1S/C9H9F4N.ClH/c10-5-8(14)6-2-1-3-7(4-6)9(11,12)13;/h1-4,8H,5,14H2;1H/t8-;/m1./s1. The van der Waals surface area contributed by atoms with Crippen molar-refractivity contribution < 1.29 is 17.6 Å². The van der Waals surface area contributed by atoms with Crippen molar-refractivity contribution in [3.8, 4) is 0 Å². The van der Waals surface area contributed by atoms with E-state index in [0.717, 1.165) is 12.1 Å². The lowest BCUT2D eigenvalue weighted by Crippen LogP contribution is -2.14. The Hall–Kier alpha value is -0.810. The van der Waals surface area contributed by atoms with Gasteiger partial charge in [0.1, 0.15) is 6.67 Å². The van der Waals surface area contributed by atoms with Crippen molar-refractivity contribution >= 4 is 12.4 Å². The lowest BCUT2D eigenvalue weighted by Gasteiger charge is -2.11. The minimum absolute atomic E-state index is 0. The second-order valence-corrected chi connectivity index (χ2v) is 2.88. The van der Waals surface area contributed by atoms with Crippen molar-refractivity contribution in [3.63, 3.8) is 0 Å². The molecule has 1 aromatic rings. The summed E-state index contributed by atoms with van der Waals surface area (Å²) in [5.74, 6) is 0. The van der Waals surface area contributed by atoms with Crippen LogP contribution in [0.15, 0.2) is 24.3 Å². The van der Waals surface area contributed by atoms with E-state index in [9.17, 15) is 17.6 Å². The second-order valence-electron chi connectivity index (χ2n) is 2.88. The topological polar surface area (TPSA) is 26.0 Å². The molecule has 0 saturated heterocycles. The SMILES string of the molecule is Cl.N[C@H](CF)c1cccc(C(F)(F)F)c1. The van der Waals surface area contributed by atoms with Crippen LogP contribution in [0, 0.1) is 0 Å². The Morgan fingerprint density at radius 1 is 1.27 bits per heavy atom. The molecule has 1 nitrogen and oxygen atoms in total. The predicted molar refractivity (Wildman–Crippen MR) is 51.6 cm³/mol. The Balaban J connectivity index is 0.00000196. The van der Waals surface area contributed by atoms with Gasteiger partial charge in [-0.25, -0.2) is 4.39 Å². The van der Waals surface area contributed by atoms with E-state index in [4.69, 9.17) is 5.73 Å². The maximum atomic E-state index is 12.2. The van der Waals surface area contributed by atoms with Gasteiger partial charge in [-0.05, 0) is 17.7 Å². The number of hydrogen-bond acceptors (Lipinski definition) is 1. The molecule has 1 atom stereocenters. The fourth-order valence-corrected chi connectivity index (χ4v) is 1.03. The van der Waals surface area contributed by atoms with E-state index in [1.54, 1.807) is 0 Å². The summed E-state index contributed by atoms with van der Waals surface area (Å²) in [6, 6.07) is 3.39. The predicted octanol–water partition coefficient (Wildman–Crippen LogP) is 3.10. The highest BCUT2D eigenvalue weighted by molar-refractivity contribution is 5.85. The van der Waals surface area contributed by atoms with Gasteiger partial charge < -0.3 is 5.73 Å². The number of benzene rings is 1. The van der Waals surface area contributed by atoms with Crippen LogP contribution in [0.3, 0.4) is 0 Å². The van der Waals surface area contributed by atoms with Crippen LogP contribution in [-0.2, 0) is 6.18 Å². The first kappa shape index (κ1) is 14.2. The van der Waals surface area contributed by atoms with Crippen LogP contribution < -0.4 is 5.73 Å². The molecule has 6 heteroatoms. The second kappa shape index (κ2) is 5.32. The van der Waals surface area contributed by atoms with Crippen molar-refractivity contribution in [1.82, 2.24) is 0 Å². The monoisotopic (exact) mass is 243 g/mol. The molecule has 0 heterocycles. The Morgan fingerprint density at radius 3 is 2.33 bits per heavy atom. The molecule has 0 unspecified atom stereocenters. The maximum absolute atomic E-state index is 12.2. The third kappa shape index (κ3) is 3.68. The molecule has 0 saturated carbocycles. The third-order valence-electron chi connectivity index (χ3n) is 1.81.